The van der Waals surface area contributed by atoms with Crippen LogP contribution in [0.5, 0.6) is 0 Å². The molecule has 2 aromatic heterocycles. The second kappa shape index (κ2) is 2.16. The maximum absolute atomic E-state index is 4.24. The van der Waals surface area contributed by atoms with Gasteiger partial charge >= 0.3 is 5.82 Å². The maximum atomic E-state index is 4.24. The Morgan fingerprint density at radius 1 is 1.46 bits per heavy atom. The summed E-state index contributed by atoms with van der Waals surface area (Å²) in [5.41, 5.74) is 1.18. The molecule has 4 heteroatoms. The lowest BCUT2D eigenvalue weighted by atomic mass is 10.4. The Labute approximate surface area is 75.7 Å². The van der Waals surface area contributed by atoms with Crippen molar-refractivity contribution in [3.63, 3.8) is 0 Å². The molecule has 2 aromatic rings. The summed E-state index contributed by atoms with van der Waals surface area (Å²) < 4.78 is 6.29. The average molecular weight is 174 g/mol. The summed E-state index contributed by atoms with van der Waals surface area (Å²) in [6.07, 6.45) is 5.96. The molecular formula is C9H10N4+2. The first-order valence-electron chi connectivity index (χ1n) is 4.26. The zero-order valence-electron chi connectivity index (χ0n) is 7.38. The molecule has 0 radical (unpaired) electrons. The zero-order chi connectivity index (χ0) is 8.84. The Morgan fingerprint density at radius 2 is 2.38 bits per heavy atom. The third-order valence-corrected chi connectivity index (χ3v) is 2.41. The van der Waals surface area contributed by atoms with Gasteiger partial charge in [0.25, 0.3) is 0 Å². The Kier molecular flexibility index (Phi) is 1.12. The van der Waals surface area contributed by atoms with Gasteiger partial charge in [-0.15, -0.1) is 9.13 Å². The third-order valence-electron chi connectivity index (χ3n) is 2.41. The van der Waals surface area contributed by atoms with Gasteiger partial charge in [0.05, 0.1) is 12.3 Å². The molecule has 13 heavy (non-hydrogen) atoms. The molecule has 0 unspecified atom stereocenters. The largest absolute Gasteiger partial charge is 0.471 e. The van der Waals surface area contributed by atoms with Crippen molar-refractivity contribution in [3.8, 4) is 11.5 Å². The van der Waals surface area contributed by atoms with Gasteiger partial charge in [0, 0.05) is 0 Å². The Hall–Kier alpha value is -1.71. The fraction of sp³-hybridized carbons (Fsp3) is 0.222. The molecule has 3 heterocycles. The summed E-state index contributed by atoms with van der Waals surface area (Å²) in [4.78, 5) is 0. The topological polar surface area (TPSA) is 25.6 Å². The average Bonchev–Trinajstić information content (AvgIpc) is 2.62. The highest BCUT2D eigenvalue weighted by molar-refractivity contribution is 5.43. The molecule has 0 atom stereocenters. The molecule has 0 aromatic carbocycles. The minimum atomic E-state index is 0.826. The first-order valence-corrected chi connectivity index (χ1v) is 4.26. The SMILES string of the molecule is C[n+]1ccc[n+]2c1-c1ccnn1C2. The van der Waals surface area contributed by atoms with E-state index >= 15 is 0 Å². The molecule has 0 fully saturated rings. The van der Waals surface area contributed by atoms with Crippen molar-refractivity contribution in [3.05, 3.63) is 30.7 Å². The van der Waals surface area contributed by atoms with Crippen molar-refractivity contribution in [1.82, 2.24) is 9.78 Å². The molecule has 4 nitrogen and oxygen atoms in total. The second-order valence-corrected chi connectivity index (χ2v) is 3.25. The molecule has 0 spiro atoms. The fourth-order valence-electron chi connectivity index (χ4n) is 1.84. The van der Waals surface area contributed by atoms with Gasteiger partial charge in [-0.25, -0.2) is 0 Å². The van der Waals surface area contributed by atoms with Crippen molar-refractivity contribution in [2.24, 2.45) is 7.05 Å². The summed E-state index contributed by atoms with van der Waals surface area (Å²) >= 11 is 0. The smallest absolute Gasteiger partial charge is 0.191 e. The quantitative estimate of drug-likeness (QED) is 0.421. The first kappa shape index (κ1) is 6.77. The minimum absolute atomic E-state index is 0.826. The van der Waals surface area contributed by atoms with Crippen LogP contribution in [-0.2, 0) is 13.7 Å². The van der Waals surface area contributed by atoms with E-state index in [4.69, 9.17) is 0 Å². The summed E-state index contributed by atoms with van der Waals surface area (Å²) in [5.74, 6) is 1.21. The van der Waals surface area contributed by atoms with Crippen LogP contribution in [0.25, 0.3) is 11.5 Å². The number of nitrogens with zero attached hydrogens (tertiary/aromatic N) is 4. The van der Waals surface area contributed by atoms with Gasteiger partial charge in [0.2, 0.25) is 12.4 Å². The van der Waals surface area contributed by atoms with Gasteiger partial charge in [-0.1, -0.05) is 0 Å². The molecule has 0 bridgehead atoms. The number of fused-ring (bicyclic) bond motifs is 3. The van der Waals surface area contributed by atoms with E-state index in [1.54, 1.807) is 0 Å². The van der Waals surface area contributed by atoms with E-state index in [-0.39, 0.29) is 0 Å². The summed E-state index contributed by atoms with van der Waals surface area (Å²) in [6.45, 7) is 0.826. The molecule has 3 rings (SSSR count). The molecule has 0 saturated heterocycles. The highest BCUT2D eigenvalue weighted by Gasteiger charge is 2.34. The van der Waals surface area contributed by atoms with Crippen LogP contribution in [0.3, 0.4) is 0 Å². The number of hydrogen-bond donors (Lipinski definition) is 0. The van der Waals surface area contributed by atoms with E-state index in [1.165, 1.54) is 11.5 Å². The van der Waals surface area contributed by atoms with Crippen LogP contribution >= 0.6 is 0 Å². The highest BCUT2D eigenvalue weighted by atomic mass is 15.4. The van der Waals surface area contributed by atoms with Crippen LogP contribution in [0.2, 0.25) is 0 Å². The molecule has 1 aliphatic rings. The maximum Gasteiger partial charge on any atom is 0.471 e. The van der Waals surface area contributed by atoms with Gasteiger partial charge < -0.3 is 0 Å². The van der Waals surface area contributed by atoms with E-state index in [0.717, 1.165) is 6.67 Å². The Morgan fingerprint density at radius 3 is 3.31 bits per heavy atom. The molecule has 0 amide bonds. The lowest BCUT2D eigenvalue weighted by molar-refractivity contribution is -0.793. The van der Waals surface area contributed by atoms with Gasteiger partial charge in [0.15, 0.2) is 12.4 Å². The van der Waals surface area contributed by atoms with E-state index in [2.05, 4.69) is 33.7 Å². The lowest BCUT2D eigenvalue weighted by Crippen LogP contribution is -2.45. The Bertz CT molecular complexity index is 472. The number of hydrogen-bond acceptors (Lipinski definition) is 1. The summed E-state index contributed by atoms with van der Waals surface area (Å²) in [7, 11) is 2.05. The van der Waals surface area contributed by atoms with E-state index < -0.39 is 0 Å². The minimum Gasteiger partial charge on any atom is -0.191 e. The van der Waals surface area contributed by atoms with Crippen molar-refractivity contribution >= 4 is 0 Å². The summed E-state index contributed by atoms with van der Waals surface area (Å²) in [5, 5.41) is 4.24. The van der Waals surface area contributed by atoms with Crippen molar-refractivity contribution in [2.75, 3.05) is 0 Å². The molecule has 0 aliphatic carbocycles. The van der Waals surface area contributed by atoms with Crippen LogP contribution in [0.4, 0.5) is 0 Å². The monoisotopic (exact) mass is 174 g/mol. The van der Waals surface area contributed by atoms with E-state index in [1.807, 2.05) is 23.0 Å². The fourth-order valence-corrected chi connectivity index (χ4v) is 1.84. The molecule has 64 valence electrons. The number of aryl methyl sites for hydroxylation is 1. The van der Waals surface area contributed by atoms with Crippen molar-refractivity contribution < 1.29 is 9.13 Å². The van der Waals surface area contributed by atoms with E-state index in [0.29, 0.717) is 0 Å². The molecule has 0 N–H and O–H groups in total. The number of rotatable bonds is 0. The molecular weight excluding hydrogens is 164 g/mol. The predicted molar refractivity (Wildman–Crippen MR) is 44.4 cm³/mol. The van der Waals surface area contributed by atoms with Crippen LogP contribution in [0, 0.1) is 0 Å². The van der Waals surface area contributed by atoms with Crippen LogP contribution in [0.15, 0.2) is 30.7 Å². The first-order chi connectivity index (χ1) is 6.36. The van der Waals surface area contributed by atoms with Crippen molar-refractivity contribution in [1.29, 1.82) is 0 Å². The lowest BCUT2D eigenvalue weighted by Gasteiger charge is -1.88. The van der Waals surface area contributed by atoms with Crippen LogP contribution in [-0.4, -0.2) is 9.78 Å². The summed E-state index contributed by atoms with van der Waals surface area (Å²) in [6, 6.07) is 4.08. The van der Waals surface area contributed by atoms with E-state index in [9.17, 15) is 0 Å². The molecule has 1 aliphatic heterocycles. The predicted octanol–water partition coefficient (Wildman–Crippen LogP) is -0.519. The standard InChI is InChI=1S/C9H10N4/c1-11-5-2-6-12-7-13-8(9(11)12)3-4-10-13/h2-6H,7H2,1H3/q+2. The van der Waals surface area contributed by atoms with Gasteiger partial charge in [0.1, 0.15) is 7.05 Å². The van der Waals surface area contributed by atoms with Crippen LogP contribution in [0.1, 0.15) is 0 Å². The third kappa shape index (κ3) is 0.771. The van der Waals surface area contributed by atoms with Crippen LogP contribution < -0.4 is 9.13 Å². The number of aromatic nitrogens is 4. The molecule has 0 saturated carbocycles. The Balaban J connectivity index is 2.37. The van der Waals surface area contributed by atoms with Gasteiger partial charge in [-0.05, 0) is 6.07 Å². The van der Waals surface area contributed by atoms with Gasteiger partial charge in [-0.3, -0.25) is 0 Å². The normalized spacial score (nSPS) is 12.7. The van der Waals surface area contributed by atoms with Gasteiger partial charge in [-0.2, -0.15) is 9.78 Å². The second-order valence-electron chi connectivity index (χ2n) is 3.25. The zero-order valence-corrected chi connectivity index (χ0v) is 7.38. The van der Waals surface area contributed by atoms with Crippen molar-refractivity contribution in [2.45, 2.75) is 6.67 Å². The highest BCUT2D eigenvalue weighted by Crippen LogP contribution is 2.14.